The van der Waals surface area contributed by atoms with Gasteiger partial charge in [-0.1, -0.05) is 24.8 Å². The Hall–Kier alpha value is -1.56. The summed E-state index contributed by atoms with van der Waals surface area (Å²) in [4.78, 5) is 0. The molecule has 2 N–H and O–H groups in total. The highest BCUT2D eigenvalue weighted by molar-refractivity contribution is 6.59. The van der Waals surface area contributed by atoms with E-state index < -0.39 is 7.12 Å². The molecule has 0 amide bonds. The average Bonchev–Trinajstić information content (AvgIpc) is 2.36. The molecule has 1 aromatic carbocycles. The van der Waals surface area contributed by atoms with Crippen LogP contribution in [0.1, 0.15) is 5.56 Å². The molecular weight excluding hydrogens is 231 g/mol. The van der Waals surface area contributed by atoms with Crippen LogP contribution in [0.5, 0.6) is 5.75 Å². The minimum atomic E-state index is -1.53. The highest BCUT2D eigenvalue weighted by Crippen LogP contribution is 2.13. The van der Waals surface area contributed by atoms with Gasteiger partial charge in [-0.15, -0.1) is 6.58 Å². The van der Waals surface area contributed by atoms with E-state index in [0.717, 1.165) is 0 Å². The second-order valence-electron chi connectivity index (χ2n) is 3.64. The van der Waals surface area contributed by atoms with Gasteiger partial charge in [0.1, 0.15) is 12.4 Å². The van der Waals surface area contributed by atoms with Crippen molar-refractivity contribution < 1.29 is 19.5 Å². The van der Waals surface area contributed by atoms with Crippen LogP contribution in [0.4, 0.5) is 0 Å². The molecule has 0 aromatic heterocycles. The van der Waals surface area contributed by atoms with Gasteiger partial charge < -0.3 is 19.5 Å². The van der Waals surface area contributed by atoms with Crippen LogP contribution in [0.25, 0.3) is 0 Å². The van der Waals surface area contributed by atoms with Gasteiger partial charge in [-0.2, -0.15) is 0 Å². The Morgan fingerprint density at radius 1 is 1.17 bits per heavy atom. The average molecular weight is 248 g/mol. The predicted molar refractivity (Wildman–Crippen MR) is 71.8 cm³/mol. The second kappa shape index (κ2) is 7.71. The van der Waals surface area contributed by atoms with Gasteiger partial charge in [-0.05, 0) is 23.2 Å². The van der Waals surface area contributed by atoms with Crippen LogP contribution < -0.4 is 10.2 Å². The van der Waals surface area contributed by atoms with Gasteiger partial charge in [-0.3, -0.25) is 0 Å². The van der Waals surface area contributed by atoms with Crippen molar-refractivity contribution in [3.05, 3.63) is 49.1 Å². The van der Waals surface area contributed by atoms with Crippen molar-refractivity contribution in [3.63, 3.8) is 0 Å². The van der Waals surface area contributed by atoms with Crippen LogP contribution >= 0.6 is 0 Å². The van der Waals surface area contributed by atoms with Crippen molar-refractivity contribution in [1.82, 2.24) is 0 Å². The molecule has 0 saturated carbocycles. The topological polar surface area (TPSA) is 58.9 Å². The van der Waals surface area contributed by atoms with Gasteiger partial charge in [-0.25, -0.2) is 0 Å². The highest BCUT2D eigenvalue weighted by Gasteiger charge is 2.16. The van der Waals surface area contributed by atoms with Crippen LogP contribution in [-0.4, -0.2) is 30.4 Å². The van der Waals surface area contributed by atoms with Gasteiger partial charge >= 0.3 is 7.12 Å². The minimum Gasteiger partial charge on any atom is -0.490 e. The number of ether oxygens (including phenoxy) is 2. The lowest BCUT2D eigenvalue weighted by molar-refractivity contribution is 0.149. The van der Waals surface area contributed by atoms with E-state index in [1.54, 1.807) is 30.4 Å². The zero-order valence-electron chi connectivity index (χ0n) is 10.2. The van der Waals surface area contributed by atoms with Gasteiger partial charge in [0, 0.05) is 0 Å². The van der Waals surface area contributed by atoms with Crippen molar-refractivity contribution in [3.8, 4) is 5.75 Å². The zero-order chi connectivity index (χ0) is 13.4. The second-order valence-corrected chi connectivity index (χ2v) is 3.64. The SMILES string of the molecule is C=CCOCc1cc(OCC=C)ccc1B(O)O. The molecular formula is C13H17BO4. The third-order valence-electron chi connectivity index (χ3n) is 2.25. The molecule has 96 valence electrons. The van der Waals surface area contributed by atoms with E-state index in [4.69, 9.17) is 9.47 Å². The van der Waals surface area contributed by atoms with Gasteiger partial charge in [0.2, 0.25) is 0 Å². The molecule has 0 aliphatic heterocycles. The van der Waals surface area contributed by atoms with E-state index in [-0.39, 0.29) is 6.61 Å². The summed E-state index contributed by atoms with van der Waals surface area (Å²) in [5.41, 5.74) is 1.08. The fraction of sp³-hybridized carbons (Fsp3) is 0.231. The third-order valence-corrected chi connectivity index (χ3v) is 2.25. The Labute approximate surface area is 107 Å². The van der Waals surface area contributed by atoms with Gasteiger partial charge in [0.15, 0.2) is 0 Å². The Kier molecular flexibility index (Phi) is 6.21. The molecule has 5 heteroatoms. The Morgan fingerprint density at radius 3 is 2.50 bits per heavy atom. The molecule has 1 aromatic rings. The number of hydrogen-bond donors (Lipinski definition) is 2. The minimum absolute atomic E-state index is 0.268. The number of rotatable bonds is 8. The van der Waals surface area contributed by atoms with Crippen molar-refractivity contribution in [2.45, 2.75) is 6.61 Å². The molecule has 0 unspecified atom stereocenters. The van der Waals surface area contributed by atoms with Crippen LogP contribution in [0.2, 0.25) is 0 Å². The first kappa shape index (κ1) is 14.5. The standard InChI is InChI=1S/C13H17BO4/c1-3-7-17-10-11-9-12(18-8-4-2)5-6-13(11)14(15)16/h3-6,9,15-16H,1-2,7-8,10H2. The van der Waals surface area contributed by atoms with Crippen molar-refractivity contribution in [1.29, 1.82) is 0 Å². The molecule has 1 rings (SSSR count). The maximum absolute atomic E-state index is 9.25. The van der Waals surface area contributed by atoms with E-state index in [0.29, 0.717) is 30.0 Å². The summed E-state index contributed by atoms with van der Waals surface area (Å²) in [6, 6.07) is 5.01. The Bertz CT molecular complexity index is 404. The first-order valence-electron chi connectivity index (χ1n) is 5.60. The monoisotopic (exact) mass is 248 g/mol. The van der Waals surface area contributed by atoms with Crippen molar-refractivity contribution in [2.75, 3.05) is 13.2 Å². The lowest BCUT2D eigenvalue weighted by Gasteiger charge is -2.11. The Balaban J connectivity index is 2.84. The summed E-state index contributed by atoms with van der Waals surface area (Å²) in [6.45, 7) is 8.18. The maximum atomic E-state index is 9.25. The molecule has 0 aliphatic carbocycles. The Morgan fingerprint density at radius 2 is 1.89 bits per heavy atom. The van der Waals surface area contributed by atoms with Crippen molar-refractivity contribution >= 4 is 12.6 Å². The molecule has 18 heavy (non-hydrogen) atoms. The summed E-state index contributed by atoms with van der Waals surface area (Å²) >= 11 is 0. The molecule has 0 fully saturated rings. The molecule has 0 atom stereocenters. The highest BCUT2D eigenvalue weighted by atomic mass is 16.5. The fourth-order valence-electron chi connectivity index (χ4n) is 1.46. The summed E-state index contributed by atoms with van der Waals surface area (Å²) in [6.07, 6.45) is 3.27. The summed E-state index contributed by atoms with van der Waals surface area (Å²) in [5, 5.41) is 18.5. The molecule has 0 aliphatic rings. The van der Waals surface area contributed by atoms with Gasteiger partial charge in [0.05, 0.1) is 13.2 Å². The van der Waals surface area contributed by atoms with Crippen LogP contribution in [0.15, 0.2) is 43.5 Å². The normalized spacial score (nSPS) is 9.89. The summed E-state index contributed by atoms with van der Waals surface area (Å²) in [5.74, 6) is 0.636. The quantitative estimate of drug-likeness (QED) is 0.402. The van der Waals surface area contributed by atoms with E-state index >= 15 is 0 Å². The lowest BCUT2D eigenvalue weighted by atomic mass is 9.77. The summed E-state index contributed by atoms with van der Waals surface area (Å²) < 4.78 is 10.7. The molecule has 0 saturated heterocycles. The van der Waals surface area contributed by atoms with Crippen LogP contribution in [0.3, 0.4) is 0 Å². The zero-order valence-corrected chi connectivity index (χ0v) is 10.2. The fourth-order valence-corrected chi connectivity index (χ4v) is 1.46. The van der Waals surface area contributed by atoms with Gasteiger partial charge in [0.25, 0.3) is 0 Å². The molecule has 4 nitrogen and oxygen atoms in total. The number of benzene rings is 1. The van der Waals surface area contributed by atoms with Crippen molar-refractivity contribution in [2.24, 2.45) is 0 Å². The van der Waals surface area contributed by atoms with E-state index in [2.05, 4.69) is 13.2 Å². The van der Waals surface area contributed by atoms with Crippen LogP contribution in [0, 0.1) is 0 Å². The van der Waals surface area contributed by atoms with E-state index in [1.807, 2.05) is 0 Å². The molecule has 0 bridgehead atoms. The smallest absolute Gasteiger partial charge is 0.488 e. The largest absolute Gasteiger partial charge is 0.490 e. The predicted octanol–water partition coefficient (Wildman–Crippen LogP) is 0.634. The molecule has 0 heterocycles. The first-order chi connectivity index (χ1) is 8.69. The van der Waals surface area contributed by atoms with E-state index in [9.17, 15) is 10.0 Å². The number of hydrogen-bond acceptors (Lipinski definition) is 4. The first-order valence-corrected chi connectivity index (χ1v) is 5.60. The summed E-state index contributed by atoms with van der Waals surface area (Å²) in [7, 11) is -1.53. The lowest BCUT2D eigenvalue weighted by Crippen LogP contribution is -2.33. The van der Waals surface area contributed by atoms with Crippen LogP contribution in [-0.2, 0) is 11.3 Å². The maximum Gasteiger partial charge on any atom is 0.488 e. The third kappa shape index (κ3) is 4.37. The molecule has 0 spiro atoms. The molecule has 0 radical (unpaired) electrons. The van der Waals surface area contributed by atoms with E-state index in [1.165, 1.54) is 0 Å².